The van der Waals surface area contributed by atoms with E-state index in [1.54, 1.807) is 30.3 Å². The Labute approximate surface area is 205 Å². The second-order valence-corrected chi connectivity index (χ2v) is 9.97. The number of hydrogen-bond acceptors (Lipinski definition) is 6. The number of piperidine rings is 1. The molecule has 2 N–H and O–H groups in total. The van der Waals surface area contributed by atoms with Crippen LogP contribution in [0.5, 0.6) is 0 Å². The molecule has 35 heavy (non-hydrogen) atoms. The summed E-state index contributed by atoms with van der Waals surface area (Å²) in [6.07, 6.45) is 2.53. The van der Waals surface area contributed by atoms with Crippen molar-refractivity contribution in [2.75, 3.05) is 32.1 Å². The van der Waals surface area contributed by atoms with Gasteiger partial charge in [-0.2, -0.15) is 4.31 Å². The number of rotatable bonds is 9. The Balaban J connectivity index is 1.46. The summed E-state index contributed by atoms with van der Waals surface area (Å²) >= 11 is 0. The highest BCUT2D eigenvalue weighted by atomic mass is 32.2. The quantitative estimate of drug-likeness (QED) is 0.510. The van der Waals surface area contributed by atoms with Gasteiger partial charge in [-0.25, -0.2) is 8.42 Å². The maximum Gasteiger partial charge on any atom is 0.325 e. The molecule has 186 valence electrons. The van der Waals surface area contributed by atoms with E-state index < -0.39 is 16.0 Å². The molecule has 3 rings (SSSR count). The van der Waals surface area contributed by atoms with Gasteiger partial charge in [-0.3, -0.25) is 14.4 Å². The molecule has 1 fully saturated rings. The lowest BCUT2D eigenvalue weighted by molar-refractivity contribution is -0.141. The number of carbonyl (C=O) groups excluding carboxylic acids is 3. The SMILES string of the molecule is COC(=O)CNC(=O)Cc1ccc(NC(=O)C2CCN(S(=O)(=O)C=Cc3ccccc3)CC2)cc1. The van der Waals surface area contributed by atoms with Gasteiger partial charge in [0, 0.05) is 30.1 Å². The fourth-order valence-electron chi connectivity index (χ4n) is 3.63. The van der Waals surface area contributed by atoms with Gasteiger partial charge in [0.05, 0.1) is 13.5 Å². The van der Waals surface area contributed by atoms with Crippen molar-refractivity contribution in [1.29, 1.82) is 0 Å². The minimum atomic E-state index is -3.55. The lowest BCUT2D eigenvalue weighted by Crippen LogP contribution is -2.40. The number of carbonyl (C=O) groups is 3. The van der Waals surface area contributed by atoms with E-state index in [1.807, 2.05) is 30.3 Å². The molecule has 0 spiro atoms. The van der Waals surface area contributed by atoms with Crippen LogP contribution < -0.4 is 10.6 Å². The number of hydrogen-bond donors (Lipinski definition) is 2. The Bertz CT molecular complexity index is 1160. The first-order valence-electron chi connectivity index (χ1n) is 11.2. The van der Waals surface area contributed by atoms with Gasteiger partial charge in [0.1, 0.15) is 6.54 Å². The van der Waals surface area contributed by atoms with Crippen molar-refractivity contribution in [3.8, 4) is 0 Å². The Hall–Kier alpha value is -3.50. The molecule has 2 amide bonds. The van der Waals surface area contributed by atoms with Crippen molar-refractivity contribution in [2.24, 2.45) is 5.92 Å². The Kier molecular flexibility index (Phi) is 9.16. The molecule has 0 radical (unpaired) electrons. The molecule has 1 heterocycles. The monoisotopic (exact) mass is 499 g/mol. The summed E-state index contributed by atoms with van der Waals surface area (Å²) in [5.74, 6) is -1.29. The van der Waals surface area contributed by atoms with Crippen LogP contribution in [0.15, 0.2) is 60.0 Å². The molecule has 0 saturated carbocycles. The van der Waals surface area contributed by atoms with Crippen LogP contribution >= 0.6 is 0 Å². The molecule has 1 aliphatic rings. The number of esters is 1. The van der Waals surface area contributed by atoms with Gasteiger partial charge in [0.15, 0.2) is 0 Å². The molecule has 0 aliphatic carbocycles. The van der Waals surface area contributed by atoms with E-state index in [2.05, 4.69) is 15.4 Å². The number of ether oxygens (including phenoxy) is 1. The summed E-state index contributed by atoms with van der Waals surface area (Å²) < 4.78 is 31.1. The maximum atomic E-state index is 12.7. The Morgan fingerprint density at radius 3 is 2.31 bits per heavy atom. The number of methoxy groups -OCH3 is 1. The fourth-order valence-corrected chi connectivity index (χ4v) is 4.85. The van der Waals surface area contributed by atoms with E-state index in [-0.39, 0.29) is 43.8 Å². The average Bonchev–Trinajstić information content (AvgIpc) is 2.88. The first kappa shape index (κ1) is 26.1. The predicted octanol–water partition coefficient (Wildman–Crippen LogP) is 2.17. The second-order valence-electron chi connectivity index (χ2n) is 8.15. The molecule has 1 saturated heterocycles. The lowest BCUT2D eigenvalue weighted by Gasteiger charge is -2.29. The van der Waals surface area contributed by atoms with Crippen molar-refractivity contribution in [1.82, 2.24) is 9.62 Å². The number of sulfonamides is 1. The van der Waals surface area contributed by atoms with Crippen molar-refractivity contribution in [3.05, 3.63) is 71.1 Å². The molecule has 10 heteroatoms. The highest BCUT2D eigenvalue weighted by molar-refractivity contribution is 7.92. The van der Waals surface area contributed by atoms with Crippen LogP contribution in [0, 0.1) is 5.92 Å². The molecule has 0 atom stereocenters. The molecule has 2 aromatic carbocycles. The van der Waals surface area contributed by atoms with Crippen LogP contribution in [0.4, 0.5) is 5.69 Å². The van der Waals surface area contributed by atoms with Crippen LogP contribution in [0.2, 0.25) is 0 Å². The van der Waals surface area contributed by atoms with E-state index in [4.69, 9.17) is 0 Å². The molecular formula is C25H29N3O6S. The van der Waals surface area contributed by atoms with Gasteiger partial charge in [0.2, 0.25) is 21.8 Å². The largest absolute Gasteiger partial charge is 0.468 e. The zero-order chi connectivity index (χ0) is 25.3. The number of nitrogens with zero attached hydrogens (tertiary/aromatic N) is 1. The third kappa shape index (κ3) is 8.04. The predicted molar refractivity (Wildman–Crippen MR) is 132 cm³/mol. The van der Waals surface area contributed by atoms with Crippen LogP contribution in [-0.4, -0.2) is 57.3 Å². The van der Waals surface area contributed by atoms with Crippen molar-refractivity contribution >= 4 is 39.6 Å². The topological polar surface area (TPSA) is 122 Å². The van der Waals surface area contributed by atoms with Crippen LogP contribution in [0.25, 0.3) is 6.08 Å². The summed E-state index contributed by atoms with van der Waals surface area (Å²) in [5, 5.41) is 6.53. The van der Waals surface area contributed by atoms with E-state index in [9.17, 15) is 22.8 Å². The second kappa shape index (κ2) is 12.3. The minimum Gasteiger partial charge on any atom is -0.468 e. The summed E-state index contributed by atoms with van der Waals surface area (Å²) in [7, 11) is -2.30. The van der Waals surface area contributed by atoms with E-state index in [0.717, 1.165) is 11.1 Å². The molecule has 0 unspecified atom stereocenters. The minimum absolute atomic E-state index is 0.0941. The normalized spacial score (nSPS) is 15.0. The van der Waals surface area contributed by atoms with Gasteiger partial charge in [-0.05, 0) is 42.2 Å². The molecule has 9 nitrogen and oxygen atoms in total. The number of amides is 2. The molecular weight excluding hydrogens is 470 g/mol. The Morgan fingerprint density at radius 1 is 1.03 bits per heavy atom. The standard InChI is InChI=1S/C25H29N3O6S/c1-34-24(30)18-26-23(29)17-20-7-9-22(10-8-20)27-25(31)21-11-14-28(15-12-21)35(32,33)16-13-19-5-3-2-4-6-19/h2-10,13,16,21H,11-12,14-15,17-18H2,1H3,(H,26,29)(H,27,31). The van der Waals surface area contributed by atoms with Crippen LogP contribution in [0.1, 0.15) is 24.0 Å². The smallest absolute Gasteiger partial charge is 0.325 e. The molecule has 0 bridgehead atoms. The maximum absolute atomic E-state index is 12.7. The van der Waals surface area contributed by atoms with Gasteiger partial charge >= 0.3 is 5.97 Å². The van der Waals surface area contributed by atoms with Crippen LogP contribution in [-0.2, 0) is 35.6 Å². The zero-order valence-electron chi connectivity index (χ0n) is 19.5. The van der Waals surface area contributed by atoms with E-state index in [1.165, 1.54) is 16.8 Å². The van der Waals surface area contributed by atoms with Gasteiger partial charge in [0.25, 0.3) is 0 Å². The highest BCUT2D eigenvalue weighted by Gasteiger charge is 2.30. The van der Waals surface area contributed by atoms with Crippen molar-refractivity contribution < 1.29 is 27.5 Å². The number of benzene rings is 2. The fraction of sp³-hybridized carbons (Fsp3) is 0.320. The molecule has 1 aliphatic heterocycles. The number of anilines is 1. The molecule has 0 aromatic heterocycles. The van der Waals surface area contributed by atoms with E-state index >= 15 is 0 Å². The summed E-state index contributed by atoms with van der Waals surface area (Å²) in [6.45, 7) is 0.366. The summed E-state index contributed by atoms with van der Waals surface area (Å²) in [6, 6.07) is 16.1. The third-order valence-corrected chi connectivity index (χ3v) is 7.23. The summed E-state index contributed by atoms with van der Waals surface area (Å²) in [4.78, 5) is 35.6. The first-order chi connectivity index (χ1) is 16.8. The first-order valence-corrected chi connectivity index (χ1v) is 12.7. The van der Waals surface area contributed by atoms with Crippen LogP contribution in [0.3, 0.4) is 0 Å². The Morgan fingerprint density at radius 2 is 1.69 bits per heavy atom. The summed E-state index contributed by atoms with van der Waals surface area (Å²) in [5.41, 5.74) is 2.13. The number of nitrogens with one attached hydrogen (secondary N) is 2. The van der Waals surface area contributed by atoms with E-state index in [0.29, 0.717) is 18.5 Å². The van der Waals surface area contributed by atoms with Crippen molar-refractivity contribution in [3.63, 3.8) is 0 Å². The lowest BCUT2D eigenvalue weighted by atomic mass is 9.97. The molecule has 2 aromatic rings. The highest BCUT2D eigenvalue weighted by Crippen LogP contribution is 2.22. The van der Waals surface area contributed by atoms with Crippen molar-refractivity contribution in [2.45, 2.75) is 19.3 Å². The van der Waals surface area contributed by atoms with Gasteiger partial charge in [-0.1, -0.05) is 42.5 Å². The van der Waals surface area contributed by atoms with Gasteiger partial charge in [-0.15, -0.1) is 0 Å². The van der Waals surface area contributed by atoms with Gasteiger partial charge < -0.3 is 15.4 Å². The zero-order valence-corrected chi connectivity index (χ0v) is 20.3. The average molecular weight is 500 g/mol. The third-order valence-electron chi connectivity index (χ3n) is 5.66.